The second kappa shape index (κ2) is 6.74. The quantitative estimate of drug-likeness (QED) is 0.703. The summed E-state index contributed by atoms with van der Waals surface area (Å²) in [6.07, 6.45) is 13.1. The first-order valence-electron chi connectivity index (χ1n) is 10.5. The molecule has 2 heteroatoms. The zero-order chi connectivity index (χ0) is 17.5. The van der Waals surface area contributed by atoms with Crippen LogP contribution in [0.2, 0.25) is 0 Å². The molecule has 0 radical (unpaired) electrons. The average molecular weight is 334 g/mol. The molecule has 2 nitrogen and oxygen atoms in total. The fraction of sp³-hybridized carbons (Fsp3) is 0.955. The molecule has 0 aromatic rings. The minimum Gasteiger partial charge on any atom is -0.327 e. The number of nitrogens with two attached hydrogens (primary N) is 1. The van der Waals surface area contributed by atoms with E-state index in [1.807, 2.05) is 0 Å². The van der Waals surface area contributed by atoms with Gasteiger partial charge in [0.2, 0.25) is 0 Å². The fourth-order valence-corrected chi connectivity index (χ4v) is 7.15. The first-order chi connectivity index (χ1) is 11.3. The third-order valence-electron chi connectivity index (χ3n) is 8.35. The van der Waals surface area contributed by atoms with Crippen LogP contribution in [0.25, 0.3) is 0 Å². The van der Waals surface area contributed by atoms with Gasteiger partial charge in [0.1, 0.15) is 5.78 Å². The largest absolute Gasteiger partial charge is 0.327 e. The summed E-state index contributed by atoms with van der Waals surface area (Å²) < 4.78 is 0. The van der Waals surface area contributed by atoms with Crippen molar-refractivity contribution >= 4 is 5.78 Å². The van der Waals surface area contributed by atoms with Crippen molar-refractivity contribution < 1.29 is 4.79 Å². The summed E-state index contributed by atoms with van der Waals surface area (Å²) in [6, 6.07) is 0.232. The van der Waals surface area contributed by atoms with Crippen molar-refractivity contribution in [1.29, 1.82) is 0 Å². The molecule has 0 aliphatic heterocycles. The molecular weight excluding hydrogens is 294 g/mol. The Morgan fingerprint density at radius 3 is 2.33 bits per heavy atom. The predicted octanol–water partition coefficient (Wildman–Crippen LogP) is 5.34. The SMILES string of the molecule is CC(=O)C1CC(N)C2C3CCCCCCCC(C)(C)C3CCC12C. The van der Waals surface area contributed by atoms with Gasteiger partial charge in [0.15, 0.2) is 0 Å². The number of ketones is 1. The molecule has 3 aliphatic carbocycles. The maximum atomic E-state index is 12.3. The highest BCUT2D eigenvalue weighted by Crippen LogP contribution is 2.62. The van der Waals surface area contributed by atoms with Crippen LogP contribution in [0, 0.1) is 34.5 Å². The van der Waals surface area contributed by atoms with E-state index < -0.39 is 0 Å². The van der Waals surface area contributed by atoms with Crippen molar-refractivity contribution in [2.24, 2.45) is 40.2 Å². The zero-order valence-electron chi connectivity index (χ0n) is 16.4. The molecule has 0 spiro atoms. The summed E-state index contributed by atoms with van der Waals surface area (Å²) in [7, 11) is 0. The molecule has 0 amide bonds. The van der Waals surface area contributed by atoms with Gasteiger partial charge in [-0.25, -0.2) is 0 Å². The van der Waals surface area contributed by atoms with Gasteiger partial charge in [-0.1, -0.05) is 52.9 Å². The van der Waals surface area contributed by atoms with Crippen LogP contribution < -0.4 is 5.73 Å². The van der Waals surface area contributed by atoms with Gasteiger partial charge in [-0.15, -0.1) is 0 Å². The molecule has 0 aromatic carbocycles. The summed E-state index contributed by atoms with van der Waals surface area (Å²) in [4.78, 5) is 12.3. The first-order valence-corrected chi connectivity index (χ1v) is 10.5. The van der Waals surface area contributed by atoms with E-state index in [1.54, 1.807) is 6.92 Å². The monoisotopic (exact) mass is 333 g/mol. The first kappa shape index (κ1) is 18.4. The normalized spacial score (nSPS) is 46.0. The van der Waals surface area contributed by atoms with Gasteiger partial charge in [0.05, 0.1) is 0 Å². The number of rotatable bonds is 1. The third kappa shape index (κ3) is 3.08. The summed E-state index contributed by atoms with van der Waals surface area (Å²) in [6.45, 7) is 9.22. The average Bonchev–Trinajstić information content (AvgIpc) is 2.77. The van der Waals surface area contributed by atoms with E-state index in [9.17, 15) is 4.79 Å². The van der Waals surface area contributed by atoms with Crippen LogP contribution in [0.3, 0.4) is 0 Å². The number of carbonyl (C=O) groups excluding carboxylic acids is 1. The molecule has 3 saturated carbocycles. The molecule has 24 heavy (non-hydrogen) atoms. The lowest BCUT2D eigenvalue weighted by Gasteiger charge is -2.54. The molecule has 6 unspecified atom stereocenters. The van der Waals surface area contributed by atoms with Crippen molar-refractivity contribution in [3.8, 4) is 0 Å². The highest BCUT2D eigenvalue weighted by atomic mass is 16.1. The highest BCUT2D eigenvalue weighted by Gasteiger charge is 2.59. The maximum absolute atomic E-state index is 12.3. The smallest absolute Gasteiger partial charge is 0.133 e. The second-order valence-corrected chi connectivity index (χ2v) is 10.2. The molecule has 6 atom stereocenters. The summed E-state index contributed by atoms with van der Waals surface area (Å²) >= 11 is 0. The van der Waals surface area contributed by atoms with Crippen LogP contribution in [0.1, 0.15) is 91.9 Å². The summed E-state index contributed by atoms with van der Waals surface area (Å²) in [5.74, 6) is 2.68. The van der Waals surface area contributed by atoms with Gasteiger partial charge in [-0.05, 0) is 67.6 Å². The lowest BCUT2D eigenvalue weighted by atomic mass is 9.51. The molecule has 0 aromatic heterocycles. The van der Waals surface area contributed by atoms with Gasteiger partial charge < -0.3 is 5.73 Å². The Hall–Kier alpha value is -0.370. The van der Waals surface area contributed by atoms with Gasteiger partial charge >= 0.3 is 0 Å². The van der Waals surface area contributed by atoms with Gasteiger partial charge in [-0.3, -0.25) is 4.79 Å². The summed E-state index contributed by atoms with van der Waals surface area (Å²) in [5, 5.41) is 0. The van der Waals surface area contributed by atoms with E-state index in [0.29, 0.717) is 17.1 Å². The van der Waals surface area contributed by atoms with Gasteiger partial charge in [0.25, 0.3) is 0 Å². The second-order valence-electron chi connectivity index (χ2n) is 10.2. The predicted molar refractivity (Wildman–Crippen MR) is 101 cm³/mol. The Morgan fingerprint density at radius 1 is 0.958 bits per heavy atom. The van der Waals surface area contributed by atoms with Gasteiger partial charge in [0, 0.05) is 12.0 Å². The Balaban J connectivity index is 1.92. The molecular formula is C22H39NO. The van der Waals surface area contributed by atoms with E-state index in [4.69, 9.17) is 5.73 Å². The van der Waals surface area contributed by atoms with Crippen LogP contribution in [0.5, 0.6) is 0 Å². The Bertz CT molecular complexity index is 471. The standard InChI is InChI=1S/C22H39NO/c1-15(24)18-14-19(23)20-16-10-8-6-5-7-9-12-21(2,3)17(16)11-13-22(18,20)4/h16-20H,5-14,23H2,1-4H3. The molecule has 3 fully saturated rings. The molecule has 3 aliphatic rings. The summed E-state index contributed by atoms with van der Waals surface area (Å²) in [5.41, 5.74) is 7.29. The van der Waals surface area contributed by atoms with Crippen molar-refractivity contribution in [3.05, 3.63) is 0 Å². The highest BCUT2D eigenvalue weighted by molar-refractivity contribution is 5.79. The molecule has 0 saturated heterocycles. The van der Waals surface area contributed by atoms with Crippen LogP contribution in [0.15, 0.2) is 0 Å². The topological polar surface area (TPSA) is 43.1 Å². The number of fused-ring (bicyclic) bond motifs is 3. The molecule has 3 rings (SSSR count). The minimum atomic E-state index is 0.159. The number of hydrogen-bond donors (Lipinski definition) is 1. The van der Waals surface area contributed by atoms with E-state index in [1.165, 1.54) is 57.8 Å². The zero-order valence-corrected chi connectivity index (χ0v) is 16.4. The van der Waals surface area contributed by atoms with Gasteiger partial charge in [-0.2, -0.15) is 0 Å². The van der Waals surface area contributed by atoms with E-state index in [2.05, 4.69) is 20.8 Å². The van der Waals surface area contributed by atoms with Crippen molar-refractivity contribution in [3.63, 3.8) is 0 Å². The lowest BCUT2D eigenvalue weighted by molar-refractivity contribution is -0.127. The molecule has 138 valence electrons. The Labute approximate surface area is 149 Å². The Kier molecular flexibility index (Phi) is 5.17. The maximum Gasteiger partial charge on any atom is 0.133 e. The van der Waals surface area contributed by atoms with Crippen LogP contribution in [-0.4, -0.2) is 11.8 Å². The van der Waals surface area contributed by atoms with Crippen molar-refractivity contribution in [2.75, 3.05) is 0 Å². The lowest BCUT2D eigenvalue weighted by Crippen LogP contribution is -2.50. The Morgan fingerprint density at radius 2 is 1.62 bits per heavy atom. The van der Waals surface area contributed by atoms with E-state index in [0.717, 1.165) is 18.3 Å². The molecule has 0 heterocycles. The molecule has 0 bridgehead atoms. The van der Waals surface area contributed by atoms with Crippen molar-refractivity contribution in [2.45, 2.75) is 97.9 Å². The number of hydrogen-bond acceptors (Lipinski definition) is 2. The fourth-order valence-electron chi connectivity index (χ4n) is 7.15. The minimum absolute atomic E-state index is 0.159. The van der Waals surface area contributed by atoms with Crippen LogP contribution in [0.4, 0.5) is 0 Å². The number of Topliss-reactive ketones (excluding diaryl/α,β-unsaturated/α-hetero) is 1. The van der Waals surface area contributed by atoms with Crippen LogP contribution >= 0.6 is 0 Å². The van der Waals surface area contributed by atoms with E-state index in [-0.39, 0.29) is 17.4 Å². The number of carbonyl (C=O) groups is 1. The van der Waals surface area contributed by atoms with Crippen LogP contribution in [-0.2, 0) is 4.79 Å². The molecule has 2 N–H and O–H groups in total. The van der Waals surface area contributed by atoms with E-state index >= 15 is 0 Å². The third-order valence-corrected chi connectivity index (χ3v) is 8.35. The van der Waals surface area contributed by atoms with Crippen molar-refractivity contribution in [1.82, 2.24) is 0 Å².